The van der Waals surface area contributed by atoms with E-state index in [2.05, 4.69) is 23.3 Å². The molecular formula is C12H15N3S. The molecule has 3 nitrogen and oxygen atoms in total. The minimum absolute atomic E-state index is 0.676. The van der Waals surface area contributed by atoms with Gasteiger partial charge in [0, 0.05) is 18.0 Å². The second-order valence-corrected chi connectivity index (χ2v) is 4.94. The first-order chi connectivity index (χ1) is 7.85. The lowest BCUT2D eigenvalue weighted by Crippen LogP contribution is -2.11. The van der Waals surface area contributed by atoms with Crippen molar-refractivity contribution in [3.05, 3.63) is 22.9 Å². The van der Waals surface area contributed by atoms with Crippen LogP contribution in [0.1, 0.15) is 30.2 Å². The van der Waals surface area contributed by atoms with Gasteiger partial charge in [-0.2, -0.15) is 17.0 Å². The minimum Gasteiger partial charge on any atom is -0.369 e. The van der Waals surface area contributed by atoms with Crippen molar-refractivity contribution >= 4 is 17.6 Å². The number of aromatic nitrogens is 1. The summed E-state index contributed by atoms with van der Waals surface area (Å²) >= 11 is 1.91. The molecule has 0 bridgehead atoms. The van der Waals surface area contributed by atoms with Gasteiger partial charge in [0.2, 0.25) is 0 Å². The fourth-order valence-electron chi connectivity index (χ4n) is 1.75. The van der Waals surface area contributed by atoms with Gasteiger partial charge in [-0.1, -0.05) is 6.92 Å². The van der Waals surface area contributed by atoms with E-state index < -0.39 is 0 Å². The van der Waals surface area contributed by atoms with Crippen molar-refractivity contribution in [2.24, 2.45) is 0 Å². The fourth-order valence-corrected chi connectivity index (χ4v) is 2.70. The van der Waals surface area contributed by atoms with Crippen LogP contribution in [0.15, 0.2) is 6.07 Å². The smallest absolute Gasteiger partial charge is 0.144 e. The Morgan fingerprint density at radius 2 is 2.50 bits per heavy atom. The Balaban J connectivity index is 2.32. The van der Waals surface area contributed by atoms with E-state index >= 15 is 0 Å². The van der Waals surface area contributed by atoms with Crippen LogP contribution in [0.4, 0.5) is 5.82 Å². The Morgan fingerprint density at radius 3 is 3.25 bits per heavy atom. The molecule has 1 N–H and O–H groups in total. The number of hydrogen-bond donors (Lipinski definition) is 1. The molecule has 2 heterocycles. The highest BCUT2D eigenvalue weighted by molar-refractivity contribution is 7.98. The maximum Gasteiger partial charge on any atom is 0.144 e. The summed E-state index contributed by atoms with van der Waals surface area (Å²) in [6, 6.07) is 4.21. The van der Waals surface area contributed by atoms with Gasteiger partial charge < -0.3 is 5.32 Å². The first kappa shape index (κ1) is 11.3. The van der Waals surface area contributed by atoms with Crippen LogP contribution in [0.5, 0.6) is 0 Å². The van der Waals surface area contributed by atoms with Crippen LogP contribution in [-0.4, -0.2) is 17.3 Å². The molecule has 2 rings (SSSR count). The minimum atomic E-state index is 0.676. The van der Waals surface area contributed by atoms with Gasteiger partial charge in [-0.05, 0) is 30.2 Å². The molecule has 0 saturated heterocycles. The Hall–Kier alpha value is -1.21. The average molecular weight is 233 g/mol. The van der Waals surface area contributed by atoms with Crippen molar-refractivity contribution < 1.29 is 0 Å². The lowest BCUT2D eigenvalue weighted by Gasteiger charge is -2.16. The molecule has 0 radical (unpaired) electrons. The van der Waals surface area contributed by atoms with E-state index in [1.165, 1.54) is 5.56 Å². The third kappa shape index (κ3) is 2.30. The Kier molecular flexibility index (Phi) is 3.68. The number of fused-ring (bicyclic) bond motifs is 1. The molecule has 0 aliphatic carbocycles. The van der Waals surface area contributed by atoms with E-state index in [-0.39, 0.29) is 0 Å². The summed E-state index contributed by atoms with van der Waals surface area (Å²) in [6.07, 6.45) is 2.06. The SMILES string of the molecule is CCCNc1nc2c(cc1C#N)CSCC2. The summed E-state index contributed by atoms with van der Waals surface area (Å²) in [5.74, 6) is 2.89. The fraction of sp³-hybridized carbons (Fsp3) is 0.500. The maximum atomic E-state index is 9.08. The van der Waals surface area contributed by atoms with Crippen LogP contribution >= 0.6 is 11.8 Å². The molecule has 0 fully saturated rings. The Morgan fingerprint density at radius 1 is 1.62 bits per heavy atom. The van der Waals surface area contributed by atoms with Crippen molar-refractivity contribution in [3.8, 4) is 6.07 Å². The zero-order valence-corrected chi connectivity index (χ0v) is 10.2. The van der Waals surface area contributed by atoms with Crippen LogP contribution in [0, 0.1) is 11.3 Å². The quantitative estimate of drug-likeness (QED) is 0.871. The van der Waals surface area contributed by atoms with Crippen molar-refractivity contribution in [1.29, 1.82) is 5.26 Å². The van der Waals surface area contributed by atoms with Crippen LogP contribution in [0.3, 0.4) is 0 Å². The summed E-state index contributed by atoms with van der Waals surface area (Å²) in [5, 5.41) is 12.3. The molecule has 0 aromatic carbocycles. The highest BCUT2D eigenvalue weighted by atomic mass is 32.2. The third-order valence-corrected chi connectivity index (χ3v) is 3.60. The summed E-state index contributed by atoms with van der Waals surface area (Å²) < 4.78 is 0. The van der Waals surface area contributed by atoms with Gasteiger partial charge in [-0.25, -0.2) is 4.98 Å². The third-order valence-electron chi connectivity index (χ3n) is 2.59. The molecule has 0 amide bonds. The monoisotopic (exact) mass is 233 g/mol. The second-order valence-electron chi connectivity index (χ2n) is 3.83. The van der Waals surface area contributed by atoms with Crippen molar-refractivity contribution in [2.45, 2.75) is 25.5 Å². The van der Waals surface area contributed by atoms with E-state index in [4.69, 9.17) is 5.26 Å². The van der Waals surface area contributed by atoms with Crippen molar-refractivity contribution in [1.82, 2.24) is 4.98 Å². The van der Waals surface area contributed by atoms with Gasteiger partial charge in [0.05, 0.1) is 5.56 Å². The summed E-state index contributed by atoms with van der Waals surface area (Å²) in [7, 11) is 0. The number of anilines is 1. The number of nitrogens with zero attached hydrogens (tertiary/aromatic N) is 2. The number of hydrogen-bond acceptors (Lipinski definition) is 4. The first-order valence-electron chi connectivity index (χ1n) is 5.59. The molecule has 1 aromatic rings. The molecule has 1 aliphatic heterocycles. The van der Waals surface area contributed by atoms with Crippen molar-refractivity contribution in [2.75, 3.05) is 17.6 Å². The first-order valence-corrected chi connectivity index (χ1v) is 6.75. The largest absolute Gasteiger partial charge is 0.369 e. The van der Waals surface area contributed by atoms with Gasteiger partial charge >= 0.3 is 0 Å². The predicted octanol–water partition coefficient (Wildman–Crippen LogP) is 2.56. The summed E-state index contributed by atoms with van der Waals surface area (Å²) in [5.41, 5.74) is 3.07. The molecule has 0 unspecified atom stereocenters. The number of nitriles is 1. The maximum absolute atomic E-state index is 9.08. The van der Waals surface area contributed by atoms with Gasteiger partial charge in [-0.3, -0.25) is 0 Å². The second kappa shape index (κ2) is 5.22. The zero-order valence-electron chi connectivity index (χ0n) is 9.42. The topological polar surface area (TPSA) is 48.7 Å². The van der Waals surface area contributed by atoms with E-state index in [9.17, 15) is 0 Å². The number of aryl methyl sites for hydroxylation is 1. The van der Waals surface area contributed by atoms with Crippen LogP contribution < -0.4 is 5.32 Å². The molecule has 16 heavy (non-hydrogen) atoms. The molecule has 0 atom stereocenters. The molecular weight excluding hydrogens is 218 g/mol. The number of pyridine rings is 1. The highest BCUT2D eigenvalue weighted by Crippen LogP contribution is 2.26. The Bertz CT molecular complexity index is 423. The van der Waals surface area contributed by atoms with Gasteiger partial charge in [0.1, 0.15) is 11.9 Å². The predicted molar refractivity (Wildman–Crippen MR) is 67.6 cm³/mol. The summed E-state index contributed by atoms with van der Waals surface area (Å²) in [6.45, 7) is 2.98. The zero-order chi connectivity index (χ0) is 11.4. The molecule has 1 aliphatic rings. The van der Waals surface area contributed by atoms with Gasteiger partial charge in [-0.15, -0.1) is 0 Å². The van der Waals surface area contributed by atoms with Gasteiger partial charge in [0.25, 0.3) is 0 Å². The van der Waals surface area contributed by atoms with E-state index in [1.807, 2.05) is 17.8 Å². The molecule has 84 valence electrons. The normalized spacial score (nSPS) is 14.0. The Labute approximate surface area is 100 Å². The number of rotatable bonds is 3. The molecule has 0 spiro atoms. The summed E-state index contributed by atoms with van der Waals surface area (Å²) in [4.78, 5) is 4.57. The van der Waals surface area contributed by atoms with E-state index in [0.717, 1.165) is 42.4 Å². The number of nitrogens with one attached hydrogen (secondary N) is 1. The molecule has 4 heteroatoms. The molecule has 0 saturated carbocycles. The van der Waals surface area contributed by atoms with Crippen LogP contribution in [0.25, 0.3) is 0 Å². The standard InChI is InChI=1S/C12H15N3S/c1-2-4-14-12-9(7-13)6-10-8-16-5-3-11(10)15-12/h6H,2-5,8H2,1H3,(H,14,15). The van der Waals surface area contributed by atoms with E-state index in [0.29, 0.717) is 5.56 Å². The lowest BCUT2D eigenvalue weighted by atomic mass is 10.1. The molecule has 1 aromatic heterocycles. The van der Waals surface area contributed by atoms with Gasteiger partial charge in [0.15, 0.2) is 0 Å². The van der Waals surface area contributed by atoms with Crippen molar-refractivity contribution in [3.63, 3.8) is 0 Å². The van der Waals surface area contributed by atoms with E-state index in [1.54, 1.807) is 0 Å². The lowest BCUT2D eigenvalue weighted by molar-refractivity contribution is 0.942. The highest BCUT2D eigenvalue weighted by Gasteiger charge is 2.14. The van der Waals surface area contributed by atoms with Crippen LogP contribution in [-0.2, 0) is 12.2 Å². The number of thioether (sulfide) groups is 1. The van der Waals surface area contributed by atoms with Crippen LogP contribution in [0.2, 0.25) is 0 Å². The average Bonchev–Trinajstić information content (AvgIpc) is 2.35.